The molecule has 5 nitrogen and oxygen atoms in total. The van der Waals surface area contributed by atoms with Gasteiger partial charge in [-0.05, 0) is 12.1 Å². The average Bonchev–Trinajstić information content (AvgIpc) is 2.88. The van der Waals surface area contributed by atoms with E-state index in [0.29, 0.717) is 12.4 Å². The molecule has 1 aromatic heterocycles. The molecule has 0 aliphatic carbocycles. The summed E-state index contributed by atoms with van der Waals surface area (Å²) in [5.74, 6) is 1.43. The lowest BCUT2D eigenvalue weighted by Gasteiger charge is -2.30. The monoisotopic (exact) mass is 272 g/mol. The summed E-state index contributed by atoms with van der Waals surface area (Å²) in [5, 5.41) is 7.48. The van der Waals surface area contributed by atoms with Crippen LogP contribution in [0.25, 0.3) is 0 Å². The molecular weight excluding hydrogens is 252 g/mol. The van der Waals surface area contributed by atoms with Crippen molar-refractivity contribution in [2.24, 2.45) is 0 Å². The summed E-state index contributed by atoms with van der Waals surface area (Å²) in [6, 6.07) is 8.30. The highest BCUT2D eigenvalue weighted by atomic mass is 16.5. The van der Waals surface area contributed by atoms with Crippen LogP contribution < -0.4 is 10.2 Å². The second-order valence-electron chi connectivity index (χ2n) is 6.13. The van der Waals surface area contributed by atoms with Crippen LogP contribution >= 0.6 is 0 Å². The number of nitrogens with zero attached hydrogens (tertiary/aromatic N) is 3. The van der Waals surface area contributed by atoms with Gasteiger partial charge in [0.2, 0.25) is 5.89 Å². The predicted octanol–water partition coefficient (Wildman–Crippen LogP) is 2.80. The summed E-state index contributed by atoms with van der Waals surface area (Å²) in [6.45, 7) is 8.77. The second kappa shape index (κ2) is 4.81. The molecule has 1 aromatic carbocycles. The van der Waals surface area contributed by atoms with Crippen molar-refractivity contribution in [3.05, 3.63) is 36.0 Å². The highest BCUT2D eigenvalue weighted by Gasteiger charge is 2.23. The van der Waals surface area contributed by atoms with Crippen LogP contribution in [0.1, 0.15) is 32.5 Å². The van der Waals surface area contributed by atoms with E-state index in [4.69, 9.17) is 4.52 Å². The first-order valence-corrected chi connectivity index (χ1v) is 6.95. The van der Waals surface area contributed by atoms with Crippen molar-refractivity contribution in [1.82, 2.24) is 10.1 Å². The molecule has 3 rings (SSSR count). The predicted molar refractivity (Wildman–Crippen MR) is 79.0 cm³/mol. The molecular formula is C15H20N4O. The molecule has 0 amide bonds. The molecule has 0 fully saturated rings. The van der Waals surface area contributed by atoms with E-state index >= 15 is 0 Å². The van der Waals surface area contributed by atoms with Crippen molar-refractivity contribution < 1.29 is 4.52 Å². The number of aromatic nitrogens is 2. The number of hydrogen-bond donors (Lipinski definition) is 1. The number of benzene rings is 1. The normalized spacial score (nSPS) is 14.8. The molecule has 0 spiro atoms. The Kier molecular flexibility index (Phi) is 3.12. The van der Waals surface area contributed by atoms with Crippen LogP contribution in [0.15, 0.2) is 28.8 Å². The fourth-order valence-electron chi connectivity index (χ4n) is 2.30. The third-order valence-corrected chi connectivity index (χ3v) is 3.41. The number of fused-ring (bicyclic) bond motifs is 1. The van der Waals surface area contributed by atoms with Gasteiger partial charge in [0, 0.05) is 18.5 Å². The molecule has 0 atom stereocenters. The van der Waals surface area contributed by atoms with Gasteiger partial charge >= 0.3 is 0 Å². The summed E-state index contributed by atoms with van der Waals surface area (Å²) in [4.78, 5) is 6.78. The Labute approximate surface area is 119 Å². The van der Waals surface area contributed by atoms with Gasteiger partial charge in [-0.1, -0.05) is 38.1 Å². The van der Waals surface area contributed by atoms with Crippen molar-refractivity contribution in [2.45, 2.75) is 32.7 Å². The lowest BCUT2D eigenvalue weighted by molar-refractivity contribution is 0.361. The van der Waals surface area contributed by atoms with Crippen molar-refractivity contribution >= 4 is 11.4 Å². The van der Waals surface area contributed by atoms with Crippen LogP contribution in [-0.4, -0.2) is 23.2 Å². The van der Waals surface area contributed by atoms with Crippen LogP contribution in [0.5, 0.6) is 0 Å². The average molecular weight is 272 g/mol. The lowest BCUT2D eigenvalue weighted by atomic mass is 9.96. The van der Waals surface area contributed by atoms with Crippen LogP contribution in [0.3, 0.4) is 0 Å². The SMILES string of the molecule is CC(C)(C)c1noc(CN2CCNc3ccccc32)n1. The first-order valence-electron chi connectivity index (χ1n) is 6.95. The fraction of sp³-hybridized carbons (Fsp3) is 0.467. The molecule has 0 radical (unpaired) electrons. The Morgan fingerprint density at radius 3 is 2.85 bits per heavy atom. The molecule has 1 N–H and O–H groups in total. The topological polar surface area (TPSA) is 54.2 Å². The molecule has 0 saturated heterocycles. The van der Waals surface area contributed by atoms with Crippen LogP contribution in [0.4, 0.5) is 11.4 Å². The van der Waals surface area contributed by atoms with Gasteiger partial charge in [-0.25, -0.2) is 0 Å². The zero-order chi connectivity index (χ0) is 14.2. The van der Waals surface area contributed by atoms with Gasteiger partial charge in [-0.2, -0.15) is 4.98 Å². The molecule has 0 bridgehead atoms. The smallest absolute Gasteiger partial charge is 0.246 e. The molecule has 20 heavy (non-hydrogen) atoms. The van der Waals surface area contributed by atoms with Crippen molar-refractivity contribution in [2.75, 3.05) is 23.3 Å². The Hall–Kier alpha value is -2.04. The Bertz CT molecular complexity index is 600. The molecule has 2 heterocycles. The fourth-order valence-corrected chi connectivity index (χ4v) is 2.30. The van der Waals surface area contributed by atoms with Crippen LogP contribution in [0, 0.1) is 0 Å². The van der Waals surface area contributed by atoms with Crippen LogP contribution in [-0.2, 0) is 12.0 Å². The van der Waals surface area contributed by atoms with Crippen molar-refractivity contribution in [3.63, 3.8) is 0 Å². The summed E-state index contributed by atoms with van der Waals surface area (Å²) in [5.41, 5.74) is 2.27. The van der Waals surface area contributed by atoms with E-state index in [1.54, 1.807) is 0 Å². The molecule has 1 aliphatic heterocycles. The van der Waals surface area contributed by atoms with E-state index in [9.17, 15) is 0 Å². The molecule has 1 aliphatic rings. The van der Waals surface area contributed by atoms with E-state index in [1.807, 2.05) is 12.1 Å². The van der Waals surface area contributed by atoms with Gasteiger partial charge in [0.1, 0.15) is 0 Å². The number of rotatable bonds is 2. The Morgan fingerprint density at radius 2 is 2.10 bits per heavy atom. The standard InChI is InChI=1S/C15H20N4O/c1-15(2,3)14-17-13(20-18-14)10-19-9-8-16-11-6-4-5-7-12(11)19/h4-7,16H,8-10H2,1-3H3. The first-order chi connectivity index (χ1) is 9.54. The number of para-hydroxylation sites is 2. The van der Waals surface area contributed by atoms with Gasteiger partial charge in [0.15, 0.2) is 5.82 Å². The summed E-state index contributed by atoms with van der Waals surface area (Å²) in [6.07, 6.45) is 0. The van der Waals surface area contributed by atoms with E-state index in [-0.39, 0.29) is 5.41 Å². The minimum absolute atomic E-state index is 0.0802. The molecule has 106 valence electrons. The van der Waals surface area contributed by atoms with E-state index < -0.39 is 0 Å². The summed E-state index contributed by atoms with van der Waals surface area (Å²) < 4.78 is 5.39. The maximum Gasteiger partial charge on any atom is 0.246 e. The third kappa shape index (κ3) is 2.48. The highest BCUT2D eigenvalue weighted by Crippen LogP contribution is 2.29. The summed E-state index contributed by atoms with van der Waals surface area (Å²) in [7, 11) is 0. The Morgan fingerprint density at radius 1 is 1.30 bits per heavy atom. The third-order valence-electron chi connectivity index (χ3n) is 3.41. The van der Waals surface area contributed by atoms with E-state index in [0.717, 1.165) is 24.6 Å². The van der Waals surface area contributed by atoms with E-state index in [2.05, 4.69) is 53.3 Å². The van der Waals surface area contributed by atoms with Gasteiger partial charge in [-0.15, -0.1) is 0 Å². The maximum atomic E-state index is 5.39. The molecule has 0 unspecified atom stereocenters. The number of anilines is 2. The lowest BCUT2D eigenvalue weighted by Crippen LogP contribution is -2.33. The largest absolute Gasteiger partial charge is 0.382 e. The zero-order valence-electron chi connectivity index (χ0n) is 12.2. The van der Waals surface area contributed by atoms with E-state index in [1.165, 1.54) is 5.69 Å². The number of hydrogen-bond acceptors (Lipinski definition) is 5. The van der Waals surface area contributed by atoms with Gasteiger partial charge in [0.25, 0.3) is 0 Å². The zero-order valence-corrected chi connectivity index (χ0v) is 12.2. The van der Waals surface area contributed by atoms with Crippen LogP contribution in [0.2, 0.25) is 0 Å². The number of nitrogens with one attached hydrogen (secondary N) is 1. The van der Waals surface area contributed by atoms with Crippen molar-refractivity contribution in [3.8, 4) is 0 Å². The quantitative estimate of drug-likeness (QED) is 0.911. The minimum atomic E-state index is -0.0802. The molecule has 2 aromatic rings. The maximum absolute atomic E-state index is 5.39. The van der Waals surface area contributed by atoms with Gasteiger partial charge < -0.3 is 14.7 Å². The van der Waals surface area contributed by atoms with Gasteiger partial charge in [0.05, 0.1) is 17.9 Å². The first kappa shape index (κ1) is 13.0. The second-order valence-corrected chi connectivity index (χ2v) is 6.13. The molecule has 5 heteroatoms. The Balaban J connectivity index is 1.81. The van der Waals surface area contributed by atoms with Crippen molar-refractivity contribution in [1.29, 1.82) is 0 Å². The highest BCUT2D eigenvalue weighted by molar-refractivity contribution is 5.71. The van der Waals surface area contributed by atoms with Gasteiger partial charge in [-0.3, -0.25) is 0 Å². The minimum Gasteiger partial charge on any atom is -0.382 e. The summed E-state index contributed by atoms with van der Waals surface area (Å²) >= 11 is 0. The molecule has 0 saturated carbocycles.